The van der Waals surface area contributed by atoms with Crippen LogP contribution in [-0.2, 0) is 11.3 Å². The molecule has 1 aromatic carbocycles. The zero-order valence-corrected chi connectivity index (χ0v) is 15.9. The Morgan fingerprint density at radius 3 is 2.31 bits per heavy atom. The summed E-state index contributed by atoms with van der Waals surface area (Å²) in [5.74, 6) is 0.128. The van der Waals surface area contributed by atoms with Gasteiger partial charge in [0.2, 0.25) is 0 Å². The minimum absolute atomic E-state index is 0.0785. The van der Waals surface area contributed by atoms with Crippen molar-refractivity contribution >= 4 is 5.91 Å². The van der Waals surface area contributed by atoms with Gasteiger partial charge in [0.05, 0.1) is 17.9 Å². The number of benzene rings is 1. The Hall–Kier alpha value is -2.14. The molecule has 2 aromatic rings. The van der Waals surface area contributed by atoms with Crippen LogP contribution in [0.1, 0.15) is 47.9 Å². The van der Waals surface area contributed by atoms with Gasteiger partial charge in [-0.15, -0.1) is 0 Å². The molecule has 3 heterocycles. The van der Waals surface area contributed by atoms with Crippen LogP contribution in [0.5, 0.6) is 0 Å². The van der Waals surface area contributed by atoms with Crippen molar-refractivity contribution in [3.05, 3.63) is 41.2 Å². The first-order valence-electron chi connectivity index (χ1n) is 9.61. The number of ether oxygens (including phenoxy) is 1. The fraction of sp³-hybridized carbons (Fsp3) is 0.524. The Labute approximate surface area is 154 Å². The van der Waals surface area contributed by atoms with Crippen LogP contribution in [0.15, 0.2) is 24.3 Å². The summed E-state index contributed by atoms with van der Waals surface area (Å²) < 4.78 is 7.77. The minimum atomic E-state index is 0.0785. The second kappa shape index (κ2) is 6.54. The average molecular weight is 353 g/mol. The molecule has 1 aromatic heterocycles. The number of nitrogens with zero attached hydrogens (tertiary/aromatic N) is 3. The van der Waals surface area contributed by atoms with Crippen LogP contribution in [0, 0.1) is 13.8 Å². The maximum atomic E-state index is 12.8. The van der Waals surface area contributed by atoms with Gasteiger partial charge in [-0.05, 0) is 57.7 Å². The Balaban J connectivity index is 1.49. The van der Waals surface area contributed by atoms with Crippen LogP contribution in [0.4, 0.5) is 0 Å². The lowest BCUT2D eigenvalue weighted by atomic mass is 9.84. The molecule has 5 heteroatoms. The van der Waals surface area contributed by atoms with Gasteiger partial charge in [0.15, 0.2) is 0 Å². The van der Waals surface area contributed by atoms with Crippen molar-refractivity contribution in [2.24, 2.45) is 0 Å². The number of amides is 1. The van der Waals surface area contributed by atoms with E-state index in [2.05, 4.69) is 18.9 Å². The second-order valence-electron chi connectivity index (χ2n) is 7.51. The molecule has 2 aliphatic heterocycles. The number of carbonyl (C=O) groups excluding carboxylic acids is 1. The smallest absolute Gasteiger partial charge is 0.253 e. The number of rotatable bonds is 3. The van der Waals surface area contributed by atoms with Crippen molar-refractivity contribution in [1.29, 1.82) is 0 Å². The molecule has 2 aliphatic rings. The normalized spacial score (nSPS) is 18.8. The summed E-state index contributed by atoms with van der Waals surface area (Å²) in [4.78, 5) is 14.8. The van der Waals surface area contributed by atoms with E-state index in [0.29, 0.717) is 0 Å². The summed E-state index contributed by atoms with van der Waals surface area (Å²) in [7, 11) is 0. The lowest BCUT2D eigenvalue weighted by Gasteiger charge is -2.47. The molecule has 5 nitrogen and oxygen atoms in total. The molecule has 0 N–H and O–H groups in total. The highest BCUT2D eigenvalue weighted by Gasteiger charge is 2.41. The number of likely N-dealkylation sites (tertiary alicyclic amines) is 1. The van der Waals surface area contributed by atoms with Gasteiger partial charge in [0.25, 0.3) is 5.91 Å². The summed E-state index contributed by atoms with van der Waals surface area (Å²) in [6, 6.07) is 7.99. The number of aromatic nitrogens is 2. The van der Waals surface area contributed by atoms with E-state index in [1.807, 2.05) is 40.8 Å². The van der Waals surface area contributed by atoms with E-state index in [9.17, 15) is 4.79 Å². The van der Waals surface area contributed by atoms with Gasteiger partial charge in [-0.1, -0.05) is 12.1 Å². The molecule has 26 heavy (non-hydrogen) atoms. The lowest BCUT2D eigenvalue weighted by Crippen LogP contribution is -2.53. The van der Waals surface area contributed by atoms with E-state index in [4.69, 9.17) is 4.74 Å². The average Bonchev–Trinajstić information content (AvgIpc) is 2.93. The highest BCUT2D eigenvalue weighted by atomic mass is 16.5. The fourth-order valence-corrected chi connectivity index (χ4v) is 4.29. The van der Waals surface area contributed by atoms with E-state index in [1.165, 1.54) is 11.3 Å². The molecule has 1 spiro atoms. The first-order chi connectivity index (χ1) is 12.5. The Kier molecular flexibility index (Phi) is 4.35. The zero-order chi connectivity index (χ0) is 18.3. The van der Waals surface area contributed by atoms with E-state index >= 15 is 0 Å². The molecule has 2 fully saturated rings. The molecule has 1 amide bonds. The summed E-state index contributed by atoms with van der Waals surface area (Å²) in [5.41, 5.74) is 5.34. The maximum absolute atomic E-state index is 12.8. The number of aryl methyl sites for hydroxylation is 2. The SMILES string of the molecule is CCn1nc(C)c(-c2ccc(C(=O)N3CCC4(CCO4)CC3)cc2)c1C. The summed E-state index contributed by atoms with van der Waals surface area (Å²) in [6.07, 6.45) is 3.07. The number of carbonyl (C=O) groups is 1. The molecular weight excluding hydrogens is 326 g/mol. The summed E-state index contributed by atoms with van der Waals surface area (Å²) >= 11 is 0. The molecule has 0 bridgehead atoms. The molecule has 2 saturated heterocycles. The largest absolute Gasteiger partial charge is 0.375 e. The van der Waals surface area contributed by atoms with Crippen LogP contribution in [0.3, 0.4) is 0 Å². The van der Waals surface area contributed by atoms with Crippen molar-refractivity contribution in [2.75, 3.05) is 19.7 Å². The molecule has 0 unspecified atom stereocenters. The zero-order valence-electron chi connectivity index (χ0n) is 15.9. The third kappa shape index (κ3) is 2.84. The Bertz CT molecular complexity index is 809. The third-order valence-electron chi connectivity index (χ3n) is 6.03. The van der Waals surface area contributed by atoms with Crippen LogP contribution in [0.2, 0.25) is 0 Å². The molecule has 0 aliphatic carbocycles. The van der Waals surface area contributed by atoms with Crippen LogP contribution in [0.25, 0.3) is 11.1 Å². The molecule has 138 valence electrons. The van der Waals surface area contributed by atoms with Crippen LogP contribution >= 0.6 is 0 Å². The topological polar surface area (TPSA) is 47.4 Å². The van der Waals surface area contributed by atoms with Crippen molar-refractivity contribution in [3.8, 4) is 11.1 Å². The highest BCUT2D eigenvalue weighted by molar-refractivity contribution is 5.94. The van der Waals surface area contributed by atoms with E-state index in [1.54, 1.807) is 0 Å². The van der Waals surface area contributed by atoms with Crippen LogP contribution < -0.4 is 0 Å². The van der Waals surface area contributed by atoms with Crippen molar-refractivity contribution in [1.82, 2.24) is 14.7 Å². The molecule has 0 saturated carbocycles. The molecule has 4 rings (SSSR count). The van der Waals surface area contributed by atoms with E-state index in [0.717, 1.165) is 62.3 Å². The van der Waals surface area contributed by atoms with Crippen LogP contribution in [-0.4, -0.2) is 45.9 Å². The third-order valence-corrected chi connectivity index (χ3v) is 6.03. The lowest BCUT2D eigenvalue weighted by molar-refractivity contribution is -0.169. The number of hydrogen-bond acceptors (Lipinski definition) is 3. The Morgan fingerprint density at radius 1 is 1.15 bits per heavy atom. The van der Waals surface area contributed by atoms with Gasteiger partial charge >= 0.3 is 0 Å². The van der Waals surface area contributed by atoms with Gasteiger partial charge in [0, 0.05) is 36.5 Å². The predicted molar refractivity (Wildman–Crippen MR) is 101 cm³/mol. The maximum Gasteiger partial charge on any atom is 0.253 e. The van der Waals surface area contributed by atoms with Gasteiger partial charge in [0.1, 0.15) is 0 Å². The first-order valence-corrected chi connectivity index (χ1v) is 9.61. The summed E-state index contributed by atoms with van der Waals surface area (Å²) in [6.45, 7) is 9.57. The predicted octanol–water partition coefficient (Wildman–Crippen LogP) is 3.58. The fourth-order valence-electron chi connectivity index (χ4n) is 4.29. The van der Waals surface area contributed by atoms with Gasteiger partial charge in [-0.3, -0.25) is 9.48 Å². The Morgan fingerprint density at radius 2 is 1.81 bits per heavy atom. The van der Waals surface area contributed by atoms with Gasteiger partial charge in [-0.25, -0.2) is 0 Å². The van der Waals surface area contributed by atoms with Gasteiger partial charge in [-0.2, -0.15) is 5.10 Å². The molecular formula is C21H27N3O2. The molecule has 0 atom stereocenters. The quantitative estimate of drug-likeness (QED) is 0.847. The van der Waals surface area contributed by atoms with Gasteiger partial charge < -0.3 is 9.64 Å². The first kappa shape index (κ1) is 17.3. The number of piperidine rings is 1. The summed E-state index contributed by atoms with van der Waals surface area (Å²) in [5, 5.41) is 4.59. The second-order valence-corrected chi connectivity index (χ2v) is 7.51. The van der Waals surface area contributed by atoms with E-state index < -0.39 is 0 Å². The highest BCUT2D eigenvalue weighted by Crippen LogP contribution is 2.37. The molecule has 0 radical (unpaired) electrons. The number of hydrogen-bond donors (Lipinski definition) is 0. The minimum Gasteiger partial charge on any atom is -0.375 e. The van der Waals surface area contributed by atoms with Crippen molar-refractivity contribution in [2.45, 2.75) is 52.2 Å². The monoisotopic (exact) mass is 353 g/mol. The van der Waals surface area contributed by atoms with Crippen molar-refractivity contribution < 1.29 is 9.53 Å². The van der Waals surface area contributed by atoms with Crippen molar-refractivity contribution in [3.63, 3.8) is 0 Å². The standard InChI is InChI=1S/C21H27N3O2/c1-4-24-16(3)19(15(2)22-24)17-5-7-18(8-6-17)20(25)23-12-9-21(10-13-23)11-14-26-21/h5-8H,4,9-14H2,1-3H3. The van der Waals surface area contributed by atoms with E-state index in [-0.39, 0.29) is 11.5 Å².